The Kier molecular flexibility index (Phi) is 7.45. The fourth-order valence-corrected chi connectivity index (χ4v) is 6.00. The molecule has 2 heterocycles. The lowest BCUT2D eigenvalue weighted by Gasteiger charge is -2.28. The first-order valence-electron chi connectivity index (χ1n) is 14.0. The molecule has 1 saturated heterocycles. The number of nitrogens with zero attached hydrogens (tertiary/aromatic N) is 2. The van der Waals surface area contributed by atoms with E-state index in [1.54, 1.807) is 66.9 Å². The molecule has 1 atom stereocenters. The molecule has 3 aromatic rings. The van der Waals surface area contributed by atoms with Crippen LogP contribution < -0.4 is 14.2 Å². The van der Waals surface area contributed by atoms with E-state index in [2.05, 4.69) is 4.98 Å². The van der Waals surface area contributed by atoms with Crippen LogP contribution in [0, 0.1) is 0 Å². The normalized spacial score (nSPS) is 20.7. The molecule has 1 unspecified atom stereocenters. The van der Waals surface area contributed by atoms with Crippen LogP contribution in [0.4, 0.5) is 4.79 Å². The number of hydrogen-bond donors (Lipinski definition) is 0. The fraction of sp³-hybridized carbons (Fsp3) is 0.375. The summed E-state index contributed by atoms with van der Waals surface area (Å²) in [5.41, 5.74) is 0.315. The van der Waals surface area contributed by atoms with Crippen LogP contribution in [0.25, 0.3) is 0 Å². The lowest BCUT2D eigenvalue weighted by molar-refractivity contribution is 0.0416. The van der Waals surface area contributed by atoms with Crippen molar-refractivity contribution in [2.24, 2.45) is 0 Å². The Morgan fingerprint density at radius 3 is 2.41 bits per heavy atom. The highest BCUT2D eigenvalue weighted by Crippen LogP contribution is 2.46. The number of carbonyl (C=O) groups is 3. The van der Waals surface area contributed by atoms with Crippen LogP contribution in [0.2, 0.25) is 0 Å². The number of rotatable bonds is 7. The summed E-state index contributed by atoms with van der Waals surface area (Å²) in [4.78, 5) is 47.1. The third kappa shape index (κ3) is 5.06. The van der Waals surface area contributed by atoms with Gasteiger partial charge in [0, 0.05) is 36.6 Å². The molecule has 0 radical (unpaired) electrons. The number of fused-ring (bicyclic) bond motifs is 1. The zero-order valence-electron chi connectivity index (χ0n) is 23.0. The van der Waals surface area contributed by atoms with Crippen molar-refractivity contribution in [2.75, 3.05) is 33.4 Å². The smallest absolute Gasteiger partial charge is 0.415 e. The van der Waals surface area contributed by atoms with Crippen LogP contribution in [0.5, 0.6) is 17.2 Å². The average molecular weight is 557 g/mol. The molecule has 2 fully saturated rings. The number of carbonyl (C=O) groups excluding carboxylic acids is 3. The van der Waals surface area contributed by atoms with E-state index in [1.165, 1.54) is 6.07 Å². The monoisotopic (exact) mass is 556 g/mol. The Labute approximate surface area is 238 Å². The number of morpholine rings is 1. The molecule has 2 aromatic carbocycles. The van der Waals surface area contributed by atoms with Gasteiger partial charge in [-0.25, -0.2) is 4.79 Å². The minimum Gasteiger partial charge on any atom is -0.493 e. The van der Waals surface area contributed by atoms with Gasteiger partial charge in [0.1, 0.15) is 11.2 Å². The highest BCUT2D eigenvalue weighted by molar-refractivity contribution is 6.33. The first kappa shape index (κ1) is 27.0. The van der Waals surface area contributed by atoms with Crippen molar-refractivity contribution in [3.8, 4) is 17.2 Å². The standard InChI is InChI=1S/C32H32N2O7/c1-38-27-9-6-22(18-28(27)40-23-4-2-3-5-23)32(20-21-10-12-33-13-11-21)29(35)25-8-7-24(19-26(25)30(32)36)41-31(37)34-14-16-39-17-15-34/h6-13,18-19,23H,2-5,14-17,20H2,1H3. The Bertz CT molecular complexity index is 1460. The molecule has 3 aliphatic rings. The highest BCUT2D eigenvalue weighted by atomic mass is 16.6. The third-order valence-electron chi connectivity index (χ3n) is 8.20. The van der Waals surface area contributed by atoms with Crippen molar-refractivity contribution in [3.63, 3.8) is 0 Å². The number of amides is 1. The van der Waals surface area contributed by atoms with Gasteiger partial charge in [-0.2, -0.15) is 0 Å². The van der Waals surface area contributed by atoms with E-state index < -0.39 is 11.5 Å². The number of hydrogen-bond acceptors (Lipinski definition) is 8. The summed E-state index contributed by atoms with van der Waals surface area (Å²) in [5.74, 6) is 0.615. The highest BCUT2D eigenvalue weighted by Gasteiger charge is 2.54. The molecule has 1 aliphatic heterocycles. The second-order valence-corrected chi connectivity index (χ2v) is 10.7. The molecule has 0 bridgehead atoms. The number of benzene rings is 2. The van der Waals surface area contributed by atoms with Crippen molar-refractivity contribution in [1.82, 2.24) is 9.88 Å². The summed E-state index contributed by atoms with van der Waals surface area (Å²) in [7, 11) is 1.57. The molecule has 9 nitrogen and oxygen atoms in total. The summed E-state index contributed by atoms with van der Waals surface area (Å²) in [5, 5.41) is 0. The van der Waals surface area contributed by atoms with E-state index in [0.717, 1.165) is 31.2 Å². The van der Waals surface area contributed by atoms with Gasteiger partial charge in [0.2, 0.25) is 0 Å². The van der Waals surface area contributed by atoms with Crippen molar-refractivity contribution in [1.29, 1.82) is 0 Å². The molecule has 41 heavy (non-hydrogen) atoms. The molecule has 0 N–H and O–H groups in total. The third-order valence-corrected chi connectivity index (χ3v) is 8.20. The molecule has 0 spiro atoms. The van der Waals surface area contributed by atoms with Crippen LogP contribution >= 0.6 is 0 Å². The second kappa shape index (κ2) is 11.3. The first-order chi connectivity index (χ1) is 20.0. The molecule has 1 aromatic heterocycles. The Balaban J connectivity index is 1.39. The minimum absolute atomic E-state index is 0.0613. The van der Waals surface area contributed by atoms with E-state index in [9.17, 15) is 14.4 Å². The number of Topliss-reactive ketones (excluding diaryl/α,β-unsaturated/α-hetero) is 2. The molecule has 6 rings (SSSR count). The minimum atomic E-state index is -1.53. The van der Waals surface area contributed by atoms with Crippen molar-refractivity contribution in [3.05, 3.63) is 83.2 Å². The van der Waals surface area contributed by atoms with Crippen LogP contribution in [0.3, 0.4) is 0 Å². The number of pyridine rings is 1. The fourth-order valence-electron chi connectivity index (χ4n) is 6.00. The lowest BCUT2D eigenvalue weighted by atomic mass is 9.71. The number of methoxy groups -OCH3 is 1. The molecular weight excluding hydrogens is 524 g/mol. The van der Waals surface area contributed by atoms with Crippen molar-refractivity contribution >= 4 is 17.7 Å². The van der Waals surface area contributed by atoms with Gasteiger partial charge in [0.15, 0.2) is 23.1 Å². The quantitative estimate of drug-likeness (QED) is 0.382. The number of ether oxygens (including phenoxy) is 4. The Hall–Kier alpha value is -4.24. The predicted octanol–water partition coefficient (Wildman–Crippen LogP) is 4.80. The SMILES string of the molecule is COc1ccc(C2(Cc3ccncc3)C(=O)c3ccc(OC(=O)N4CCOCC4)cc3C2=O)cc1OC1CCCC1. The van der Waals surface area contributed by atoms with Gasteiger partial charge < -0.3 is 23.8 Å². The van der Waals surface area contributed by atoms with Gasteiger partial charge in [0.25, 0.3) is 0 Å². The van der Waals surface area contributed by atoms with Crippen LogP contribution in [-0.2, 0) is 16.6 Å². The Morgan fingerprint density at radius 1 is 0.951 bits per heavy atom. The van der Waals surface area contributed by atoms with Crippen LogP contribution in [0.1, 0.15) is 57.5 Å². The van der Waals surface area contributed by atoms with Crippen LogP contribution in [-0.4, -0.2) is 67.1 Å². The maximum Gasteiger partial charge on any atom is 0.415 e. The number of aromatic nitrogens is 1. The average Bonchev–Trinajstić information content (AvgIpc) is 3.59. The zero-order valence-corrected chi connectivity index (χ0v) is 23.0. The number of ketones is 2. The summed E-state index contributed by atoms with van der Waals surface area (Å²) in [6, 6.07) is 13.6. The van der Waals surface area contributed by atoms with E-state index >= 15 is 0 Å². The maximum absolute atomic E-state index is 14.4. The van der Waals surface area contributed by atoms with E-state index in [0.29, 0.717) is 48.9 Å². The van der Waals surface area contributed by atoms with Crippen LogP contribution in [0.15, 0.2) is 60.9 Å². The van der Waals surface area contributed by atoms with Gasteiger partial charge in [-0.05, 0) is 85.7 Å². The maximum atomic E-state index is 14.4. The summed E-state index contributed by atoms with van der Waals surface area (Å²) in [6.07, 6.45) is 7.07. The van der Waals surface area contributed by atoms with Crippen molar-refractivity contribution < 1.29 is 33.3 Å². The van der Waals surface area contributed by atoms with Gasteiger partial charge in [-0.3, -0.25) is 14.6 Å². The van der Waals surface area contributed by atoms with E-state index in [1.807, 2.05) is 0 Å². The predicted molar refractivity (Wildman–Crippen MR) is 149 cm³/mol. The molecule has 1 saturated carbocycles. The van der Waals surface area contributed by atoms with Gasteiger partial charge >= 0.3 is 6.09 Å². The van der Waals surface area contributed by atoms with Gasteiger partial charge in [-0.15, -0.1) is 0 Å². The topological polar surface area (TPSA) is 104 Å². The molecule has 1 amide bonds. The summed E-state index contributed by atoms with van der Waals surface area (Å²) in [6.45, 7) is 1.74. The van der Waals surface area contributed by atoms with Gasteiger partial charge in [-0.1, -0.05) is 6.07 Å². The molecular formula is C32H32N2O7. The zero-order chi connectivity index (χ0) is 28.4. The molecule has 9 heteroatoms. The largest absolute Gasteiger partial charge is 0.493 e. The summed E-state index contributed by atoms with van der Waals surface area (Å²) >= 11 is 0. The first-order valence-corrected chi connectivity index (χ1v) is 14.0. The van der Waals surface area contributed by atoms with Gasteiger partial charge in [0.05, 0.1) is 26.4 Å². The molecule has 2 aliphatic carbocycles. The van der Waals surface area contributed by atoms with E-state index in [-0.39, 0.29) is 35.4 Å². The summed E-state index contributed by atoms with van der Waals surface area (Å²) < 4.78 is 22.8. The molecule has 212 valence electrons. The van der Waals surface area contributed by atoms with Crippen molar-refractivity contribution in [2.45, 2.75) is 43.6 Å². The Morgan fingerprint density at radius 2 is 1.68 bits per heavy atom. The lowest BCUT2D eigenvalue weighted by Crippen LogP contribution is -2.42. The second-order valence-electron chi connectivity index (χ2n) is 10.7. The van der Waals surface area contributed by atoms with E-state index in [4.69, 9.17) is 18.9 Å².